The van der Waals surface area contributed by atoms with Crippen molar-refractivity contribution >= 4 is 0 Å². The molecule has 3 unspecified atom stereocenters. The summed E-state index contributed by atoms with van der Waals surface area (Å²) in [5, 5.41) is 14.0. The first-order valence-corrected chi connectivity index (χ1v) is 7.69. The highest BCUT2D eigenvalue weighted by molar-refractivity contribution is 5.27. The quantitative estimate of drug-likeness (QED) is 0.783. The van der Waals surface area contributed by atoms with Crippen LogP contribution in [-0.4, -0.2) is 17.2 Å². The molecule has 0 saturated heterocycles. The van der Waals surface area contributed by atoms with E-state index in [0.29, 0.717) is 12.0 Å². The molecule has 3 atom stereocenters. The van der Waals surface area contributed by atoms with Gasteiger partial charge in [-0.2, -0.15) is 0 Å². The average molecular weight is 261 g/mol. The summed E-state index contributed by atoms with van der Waals surface area (Å²) in [5.41, 5.74) is 2.40. The molecule has 1 saturated carbocycles. The van der Waals surface area contributed by atoms with E-state index in [-0.39, 0.29) is 6.04 Å². The molecule has 2 rings (SSSR count). The van der Waals surface area contributed by atoms with Crippen LogP contribution in [0.5, 0.6) is 0 Å². The Hall–Kier alpha value is -0.860. The number of aliphatic hydroxyl groups excluding tert-OH is 1. The fourth-order valence-corrected chi connectivity index (χ4v) is 2.47. The number of hydrogen-bond donors (Lipinski definition) is 2. The number of nitrogens with one attached hydrogen (secondary N) is 1. The van der Waals surface area contributed by atoms with Crippen molar-refractivity contribution < 1.29 is 5.11 Å². The van der Waals surface area contributed by atoms with Crippen LogP contribution < -0.4 is 5.32 Å². The third-order valence-electron chi connectivity index (χ3n) is 4.31. The Morgan fingerprint density at radius 1 is 1.11 bits per heavy atom. The maximum absolute atomic E-state index is 10.5. The predicted molar refractivity (Wildman–Crippen MR) is 80.3 cm³/mol. The Kier molecular flexibility index (Phi) is 5.00. The molecular formula is C17H27NO. The maximum Gasteiger partial charge on any atom is 0.0942 e. The lowest BCUT2D eigenvalue weighted by atomic mass is 9.94. The van der Waals surface area contributed by atoms with Crippen molar-refractivity contribution in [1.82, 2.24) is 5.32 Å². The van der Waals surface area contributed by atoms with E-state index < -0.39 is 6.10 Å². The van der Waals surface area contributed by atoms with Gasteiger partial charge in [0.15, 0.2) is 0 Å². The van der Waals surface area contributed by atoms with E-state index in [0.717, 1.165) is 18.4 Å². The van der Waals surface area contributed by atoms with Crippen LogP contribution in [0, 0.1) is 0 Å². The molecule has 2 nitrogen and oxygen atoms in total. The van der Waals surface area contributed by atoms with Crippen molar-refractivity contribution in [3.05, 3.63) is 35.4 Å². The summed E-state index contributed by atoms with van der Waals surface area (Å²) < 4.78 is 0. The van der Waals surface area contributed by atoms with Crippen LogP contribution in [0.4, 0.5) is 0 Å². The lowest BCUT2D eigenvalue weighted by Gasteiger charge is -2.23. The Balaban J connectivity index is 2.02. The first kappa shape index (κ1) is 14.5. The van der Waals surface area contributed by atoms with Gasteiger partial charge in [0.05, 0.1) is 6.10 Å². The van der Waals surface area contributed by atoms with Crippen LogP contribution >= 0.6 is 0 Å². The van der Waals surface area contributed by atoms with Crippen molar-refractivity contribution in [1.29, 1.82) is 0 Å². The largest absolute Gasteiger partial charge is 0.387 e. The van der Waals surface area contributed by atoms with E-state index in [1.807, 2.05) is 0 Å². The van der Waals surface area contributed by atoms with Gasteiger partial charge in [0.1, 0.15) is 0 Å². The fourth-order valence-electron chi connectivity index (χ4n) is 2.47. The molecule has 2 N–H and O–H groups in total. The number of benzene rings is 1. The Morgan fingerprint density at radius 3 is 2.16 bits per heavy atom. The second-order valence-corrected chi connectivity index (χ2v) is 5.88. The molecule has 0 spiro atoms. The minimum Gasteiger partial charge on any atom is -0.387 e. The minimum atomic E-state index is -0.392. The van der Waals surface area contributed by atoms with Crippen molar-refractivity contribution in [2.45, 2.75) is 70.6 Å². The van der Waals surface area contributed by atoms with Crippen molar-refractivity contribution in [2.24, 2.45) is 0 Å². The van der Waals surface area contributed by atoms with Crippen LogP contribution in [0.2, 0.25) is 0 Å². The molecule has 2 heteroatoms. The van der Waals surface area contributed by atoms with Gasteiger partial charge in [-0.3, -0.25) is 0 Å². The van der Waals surface area contributed by atoms with E-state index >= 15 is 0 Å². The van der Waals surface area contributed by atoms with Gasteiger partial charge < -0.3 is 10.4 Å². The zero-order valence-electron chi connectivity index (χ0n) is 12.4. The van der Waals surface area contributed by atoms with Crippen LogP contribution in [0.3, 0.4) is 0 Å². The number of rotatable bonds is 7. The van der Waals surface area contributed by atoms with Crippen LogP contribution in [-0.2, 0) is 0 Å². The zero-order valence-corrected chi connectivity index (χ0v) is 12.4. The van der Waals surface area contributed by atoms with Gasteiger partial charge in [-0.25, -0.2) is 0 Å². The summed E-state index contributed by atoms with van der Waals surface area (Å²) >= 11 is 0. The monoisotopic (exact) mass is 261 g/mol. The van der Waals surface area contributed by atoms with E-state index in [4.69, 9.17) is 0 Å². The summed E-state index contributed by atoms with van der Waals surface area (Å²) in [4.78, 5) is 0. The molecule has 1 aromatic rings. The Morgan fingerprint density at radius 2 is 1.68 bits per heavy atom. The van der Waals surface area contributed by atoms with Gasteiger partial charge in [0.2, 0.25) is 0 Å². The van der Waals surface area contributed by atoms with Crippen LogP contribution in [0.15, 0.2) is 24.3 Å². The van der Waals surface area contributed by atoms with Gasteiger partial charge in [0, 0.05) is 12.1 Å². The summed E-state index contributed by atoms with van der Waals surface area (Å²) in [7, 11) is 0. The van der Waals surface area contributed by atoms with E-state index in [2.05, 4.69) is 50.4 Å². The van der Waals surface area contributed by atoms with Gasteiger partial charge in [-0.05, 0) is 42.7 Å². The van der Waals surface area contributed by atoms with Crippen LogP contribution in [0.25, 0.3) is 0 Å². The molecule has 0 aliphatic heterocycles. The van der Waals surface area contributed by atoms with Crippen molar-refractivity contribution in [3.63, 3.8) is 0 Å². The fraction of sp³-hybridized carbons (Fsp3) is 0.647. The second kappa shape index (κ2) is 6.53. The highest BCUT2D eigenvalue weighted by Crippen LogP contribution is 2.27. The molecule has 1 aliphatic rings. The lowest BCUT2D eigenvalue weighted by molar-refractivity contribution is 0.125. The molecule has 0 bridgehead atoms. The molecule has 0 amide bonds. The second-order valence-electron chi connectivity index (χ2n) is 5.88. The SMILES string of the molecule is CCC(C)c1ccc(C(O)C(CC)NC2CC2)cc1. The van der Waals surface area contributed by atoms with Crippen molar-refractivity contribution in [3.8, 4) is 0 Å². The Labute approximate surface area is 117 Å². The number of hydrogen-bond acceptors (Lipinski definition) is 2. The van der Waals surface area contributed by atoms with Gasteiger partial charge in [-0.1, -0.05) is 45.0 Å². The highest BCUT2D eigenvalue weighted by atomic mass is 16.3. The minimum absolute atomic E-state index is 0.182. The molecule has 1 fully saturated rings. The summed E-state index contributed by atoms with van der Waals surface area (Å²) in [6.07, 6.45) is 4.25. The summed E-state index contributed by atoms with van der Waals surface area (Å²) in [6.45, 7) is 6.59. The topological polar surface area (TPSA) is 32.3 Å². The van der Waals surface area contributed by atoms with Gasteiger partial charge in [-0.15, -0.1) is 0 Å². The van der Waals surface area contributed by atoms with Gasteiger partial charge >= 0.3 is 0 Å². The molecule has 19 heavy (non-hydrogen) atoms. The van der Waals surface area contributed by atoms with E-state index in [9.17, 15) is 5.11 Å². The standard InChI is InChI=1S/C17H27NO/c1-4-12(3)13-6-8-14(9-7-13)17(19)16(5-2)18-15-10-11-15/h6-9,12,15-19H,4-5,10-11H2,1-3H3. The molecule has 0 heterocycles. The normalized spacial score (nSPS) is 20.0. The molecule has 0 radical (unpaired) electrons. The Bertz CT molecular complexity index is 383. The molecule has 0 aromatic heterocycles. The molecule has 1 aliphatic carbocycles. The predicted octanol–water partition coefficient (Wildman–Crippen LogP) is 3.76. The van der Waals surface area contributed by atoms with Crippen molar-refractivity contribution in [2.75, 3.05) is 0 Å². The molecular weight excluding hydrogens is 234 g/mol. The lowest BCUT2D eigenvalue weighted by Crippen LogP contribution is -2.35. The summed E-state index contributed by atoms with van der Waals surface area (Å²) in [6, 6.07) is 9.32. The average Bonchev–Trinajstić information content (AvgIpc) is 3.27. The van der Waals surface area contributed by atoms with Crippen LogP contribution in [0.1, 0.15) is 69.6 Å². The first-order valence-electron chi connectivity index (χ1n) is 7.69. The number of aliphatic hydroxyl groups is 1. The maximum atomic E-state index is 10.5. The summed E-state index contributed by atoms with van der Waals surface area (Å²) in [5.74, 6) is 0.595. The van der Waals surface area contributed by atoms with E-state index in [1.54, 1.807) is 0 Å². The first-order chi connectivity index (χ1) is 9.15. The third-order valence-corrected chi connectivity index (χ3v) is 4.31. The van der Waals surface area contributed by atoms with Gasteiger partial charge in [0.25, 0.3) is 0 Å². The molecule has 106 valence electrons. The van der Waals surface area contributed by atoms with E-state index in [1.165, 1.54) is 18.4 Å². The molecule has 1 aromatic carbocycles. The third kappa shape index (κ3) is 3.80. The highest BCUT2D eigenvalue weighted by Gasteiger charge is 2.28. The zero-order chi connectivity index (χ0) is 13.8. The smallest absolute Gasteiger partial charge is 0.0942 e.